The van der Waals surface area contributed by atoms with E-state index < -0.39 is 0 Å². The molecule has 0 saturated carbocycles. The Morgan fingerprint density at radius 3 is 2.32 bits per heavy atom. The minimum Gasteiger partial charge on any atom is -0.377 e. The molecule has 0 aromatic heterocycles. The Hall–Kier alpha value is -2.82. The number of benzene rings is 2. The molecule has 132 valence electrons. The van der Waals surface area contributed by atoms with Gasteiger partial charge < -0.3 is 15.5 Å². The lowest BCUT2D eigenvalue weighted by Crippen LogP contribution is -2.26. The Labute approximate surface area is 149 Å². The van der Waals surface area contributed by atoms with Crippen LogP contribution in [0.2, 0.25) is 0 Å². The summed E-state index contributed by atoms with van der Waals surface area (Å²) >= 11 is 0. The molecule has 2 rings (SSSR count). The molecule has 0 aliphatic carbocycles. The van der Waals surface area contributed by atoms with E-state index in [1.165, 1.54) is 0 Å². The Balaban J connectivity index is 1.69. The Kier molecular flexibility index (Phi) is 7.01. The van der Waals surface area contributed by atoms with E-state index >= 15 is 0 Å². The number of rotatable bonds is 8. The third-order valence-electron chi connectivity index (χ3n) is 3.80. The average Bonchev–Trinajstić information content (AvgIpc) is 2.62. The first kappa shape index (κ1) is 18.5. The molecule has 0 heterocycles. The van der Waals surface area contributed by atoms with Crippen LogP contribution in [0, 0.1) is 0 Å². The molecule has 0 radical (unpaired) electrons. The molecule has 2 aromatic rings. The zero-order valence-corrected chi connectivity index (χ0v) is 14.8. The Morgan fingerprint density at radius 2 is 1.60 bits per heavy atom. The molecule has 0 saturated heterocycles. The Bertz CT molecular complexity index is 699. The van der Waals surface area contributed by atoms with Gasteiger partial charge >= 0.3 is 0 Å². The van der Waals surface area contributed by atoms with Crippen LogP contribution in [-0.4, -0.2) is 32.5 Å². The number of unbranched alkanes of at least 4 members (excludes halogenated alkanes) is 1. The summed E-state index contributed by atoms with van der Waals surface area (Å²) in [5.74, 6) is -0.0893. The molecular weight excluding hydrogens is 314 g/mol. The van der Waals surface area contributed by atoms with Crippen molar-refractivity contribution in [2.75, 3.05) is 30.9 Å². The van der Waals surface area contributed by atoms with Gasteiger partial charge in [0, 0.05) is 38.4 Å². The number of para-hydroxylation sites is 2. The smallest absolute Gasteiger partial charge is 0.253 e. The molecule has 2 amide bonds. The highest BCUT2D eigenvalue weighted by Crippen LogP contribution is 2.17. The van der Waals surface area contributed by atoms with Crippen LogP contribution >= 0.6 is 0 Å². The number of amides is 2. The molecule has 0 spiro atoms. The zero-order valence-electron chi connectivity index (χ0n) is 14.8. The van der Waals surface area contributed by atoms with E-state index in [2.05, 4.69) is 10.6 Å². The van der Waals surface area contributed by atoms with Gasteiger partial charge in [0.2, 0.25) is 5.91 Å². The van der Waals surface area contributed by atoms with Gasteiger partial charge in [-0.15, -0.1) is 0 Å². The standard InChI is InChI=1S/C20H25N3O2/c1-23(2)18-13-7-6-12-17(18)20(25)21-15-9-8-14-19(24)22-16-10-4-3-5-11-16/h3-7,10-13H,8-9,14-15H2,1-2H3,(H,21,25)(H,22,24). The van der Waals surface area contributed by atoms with Gasteiger partial charge in [-0.2, -0.15) is 0 Å². The highest BCUT2D eigenvalue weighted by molar-refractivity contribution is 5.99. The first-order valence-corrected chi connectivity index (χ1v) is 8.47. The van der Waals surface area contributed by atoms with Crippen LogP contribution < -0.4 is 15.5 Å². The molecular formula is C20H25N3O2. The largest absolute Gasteiger partial charge is 0.377 e. The molecule has 0 fully saturated rings. The summed E-state index contributed by atoms with van der Waals surface area (Å²) in [5.41, 5.74) is 2.36. The van der Waals surface area contributed by atoms with E-state index in [1.807, 2.05) is 73.6 Å². The van der Waals surface area contributed by atoms with Crippen LogP contribution in [0.15, 0.2) is 54.6 Å². The van der Waals surface area contributed by atoms with Crippen LogP contribution in [0.5, 0.6) is 0 Å². The second-order valence-corrected chi connectivity index (χ2v) is 6.04. The third-order valence-corrected chi connectivity index (χ3v) is 3.80. The topological polar surface area (TPSA) is 61.4 Å². The molecule has 2 N–H and O–H groups in total. The quantitative estimate of drug-likeness (QED) is 0.726. The normalized spacial score (nSPS) is 10.2. The monoisotopic (exact) mass is 339 g/mol. The molecule has 0 aliphatic heterocycles. The molecule has 5 nitrogen and oxygen atoms in total. The molecule has 0 aliphatic rings. The average molecular weight is 339 g/mol. The second-order valence-electron chi connectivity index (χ2n) is 6.04. The summed E-state index contributed by atoms with van der Waals surface area (Å²) in [5, 5.41) is 5.78. The predicted molar refractivity (Wildman–Crippen MR) is 102 cm³/mol. The van der Waals surface area contributed by atoms with Gasteiger partial charge in [0.1, 0.15) is 0 Å². The first-order chi connectivity index (χ1) is 12.1. The second kappa shape index (κ2) is 9.47. The van der Waals surface area contributed by atoms with Crippen LogP contribution in [0.1, 0.15) is 29.6 Å². The predicted octanol–water partition coefficient (Wildman–Crippen LogP) is 3.29. The summed E-state index contributed by atoms with van der Waals surface area (Å²) in [6.07, 6.45) is 1.94. The van der Waals surface area contributed by atoms with Crippen LogP contribution in [0.25, 0.3) is 0 Å². The lowest BCUT2D eigenvalue weighted by atomic mass is 10.1. The van der Waals surface area contributed by atoms with Gasteiger partial charge in [0.05, 0.1) is 5.56 Å². The van der Waals surface area contributed by atoms with Gasteiger partial charge in [-0.3, -0.25) is 9.59 Å². The van der Waals surface area contributed by atoms with E-state index in [1.54, 1.807) is 0 Å². The molecule has 5 heteroatoms. The number of hydrogen-bond donors (Lipinski definition) is 2. The number of nitrogens with one attached hydrogen (secondary N) is 2. The van der Waals surface area contributed by atoms with Crippen molar-refractivity contribution in [2.45, 2.75) is 19.3 Å². The fraction of sp³-hybridized carbons (Fsp3) is 0.300. The lowest BCUT2D eigenvalue weighted by Gasteiger charge is -2.16. The molecule has 25 heavy (non-hydrogen) atoms. The number of carbonyl (C=O) groups is 2. The van der Waals surface area contributed by atoms with E-state index in [4.69, 9.17) is 0 Å². The summed E-state index contributed by atoms with van der Waals surface area (Å²) < 4.78 is 0. The van der Waals surface area contributed by atoms with Gasteiger partial charge in [0.15, 0.2) is 0 Å². The maximum Gasteiger partial charge on any atom is 0.253 e. The minimum absolute atomic E-state index is 0.00419. The van der Waals surface area contributed by atoms with Gasteiger partial charge in [0.25, 0.3) is 5.91 Å². The highest BCUT2D eigenvalue weighted by atomic mass is 16.2. The maximum atomic E-state index is 12.3. The van der Waals surface area contributed by atoms with Crippen molar-refractivity contribution < 1.29 is 9.59 Å². The van der Waals surface area contributed by atoms with Gasteiger partial charge in [-0.25, -0.2) is 0 Å². The molecule has 0 atom stereocenters. The van der Waals surface area contributed by atoms with Crippen LogP contribution in [0.3, 0.4) is 0 Å². The summed E-state index contributed by atoms with van der Waals surface area (Å²) in [4.78, 5) is 26.1. The minimum atomic E-state index is -0.0852. The Morgan fingerprint density at radius 1 is 0.920 bits per heavy atom. The van der Waals surface area contributed by atoms with Crippen LogP contribution in [-0.2, 0) is 4.79 Å². The van der Waals surface area contributed by atoms with Crippen LogP contribution in [0.4, 0.5) is 11.4 Å². The van der Waals surface area contributed by atoms with Crippen molar-refractivity contribution in [3.8, 4) is 0 Å². The van der Waals surface area contributed by atoms with Crippen molar-refractivity contribution in [2.24, 2.45) is 0 Å². The number of nitrogens with zero attached hydrogens (tertiary/aromatic N) is 1. The van der Waals surface area contributed by atoms with E-state index in [9.17, 15) is 9.59 Å². The number of anilines is 2. The third kappa shape index (κ3) is 5.95. The summed E-state index contributed by atoms with van der Waals surface area (Å²) in [7, 11) is 3.83. The van der Waals surface area contributed by atoms with E-state index in [0.717, 1.165) is 24.2 Å². The highest BCUT2D eigenvalue weighted by Gasteiger charge is 2.11. The van der Waals surface area contributed by atoms with Crippen molar-refractivity contribution in [1.82, 2.24) is 5.32 Å². The summed E-state index contributed by atoms with van der Waals surface area (Å²) in [6.45, 7) is 0.555. The maximum absolute atomic E-state index is 12.3. The van der Waals surface area contributed by atoms with E-state index in [-0.39, 0.29) is 11.8 Å². The zero-order chi connectivity index (χ0) is 18.1. The molecule has 2 aromatic carbocycles. The van der Waals surface area contributed by atoms with E-state index in [0.29, 0.717) is 18.5 Å². The van der Waals surface area contributed by atoms with Gasteiger partial charge in [-0.05, 0) is 37.1 Å². The number of hydrogen-bond acceptors (Lipinski definition) is 3. The number of carbonyl (C=O) groups excluding carboxylic acids is 2. The first-order valence-electron chi connectivity index (χ1n) is 8.47. The SMILES string of the molecule is CN(C)c1ccccc1C(=O)NCCCCC(=O)Nc1ccccc1. The lowest BCUT2D eigenvalue weighted by molar-refractivity contribution is -0.116. The van der Waals surface area contributed by atoms with Crippen molar-refractivity contribution >= 4 is 23.2 Å². The molecule has 0 unspecified atom stereocenters. The summed E-state index contributed by atoms with van der Waals surface area (Å²) in [6, 6.07) is 16.9. The van der Waals surface area contributed by atoms with Crippen molar-refractivity contribution in [3.63, 3.8) is 0 Å². The van der Waals surface area contributed by atoms with Crippen molar-refractivity contribution in [3.05, 3.63) is 60.2 Å². The van der Waals surface area contributed by atoms with Gasteiger partial charge in [-0.1, -0.05) is 30.3 Å². The van der Waals surface area contributed by atoms with Crippen molar-refractivity contribution in [1.29, 1.82) is 0 Å². The fourth-order valence-electron chi connectivity index (χ4n) is 2.51. The fourth-order valence-corrected chi connectivity index (χ4v) is 2.51. The molecule has 0 bridgehead atoms.